The third-order valence-electron chi connectivity index (χ3n) is 8.01. The minimum absolute atomic E-state index is 0.00507. The van der Waals surface area contributed by atoms with Crippen molar-refractivity contribution in [2.75, 3.05) is 17.1 Å². The molecule has 234 valence electrons. The van der Waals surface area contributed by atoms with Crippen LogP contribution in [-0.2, 0) is 32.6 Å². The Morgan fingerprint density at radius 3 is 2.27 bits per heavy atom. The highest BCUT2D eigenvalue weighted by Gasteiger charge is 2.34. The molecule has 1 N–H and O–H groups in total. The molecule has 4 rings (SSSR count). The Kier molecular flexibility index (Phi) is 10.7. The van der Waals surface area contributed by atoms with Gasteiger partial charge in [-0.05, 0) is 43.4 Å². The third kappa shape index (κ3) is 8.66. The van der Waals surface area contributed by atoms with Crippen molar-refractivity contribution in [3.8, 4) is 0 Å². The van der Waals surface area contributed by atoms with Crippen LogP contribution < -0.4 is 9.62 Å². The summed E-state index contributed by atoms with van der Waals surface area (Å²) in [5, 5.41) is 14.7. The van der Waals surface area contributed by atoms with Gasteiger partial charge in [-0.1, -0.05) is 85.5 Å². The topological polar surface area (TPSA) is 130 Å². The highest BCUT2D eigenvalue weighted by molar-refractivity contribution is 7.92. The third-order valence-corrected chi connectivity index (χ3v) is 9.14. The number of nitrogens with one attached hydrogen (secondary N) is 1. The van der Waals surface area contributed by atoms with Gasteiger partial charge in [-0.2, -0.15) is 0 Å². The minimum Gasteiger partial charge on any atom is -0.352 e. The molecular formula is C33H40N4O6S. The van der Waals surface area contributed by atoms with Gasteiger partial charge in [0.15, 0.2) is 0 Å². The van der Waals surface area contributed by atoms with Gasteiger partial charge in [0.1, 0.15) is 12.6 Å². The zero-order valence-electron chi connectivity index (χ0n) is 25.4. The number of hydrogen-bond acceptors (Lipinski definition) is 6. The zero-order valence-corrected chi connectivity index (χ0v) is 26.3. The summed E-state index contributed by atoms with van der Waals surface area (Å²) in [6.07, 6.45) is 6.08. The first-order valence-electron chi connectivity index (χ1n) is 14.8. The second-order valence-corrected chi connectivity index (χ2v) is 13.5. The van der Waals surface area contributed by atoms with E-state index in [1.165, 1.54) is 17.0 Å². The molecule has 0 radical (unpaired) electrons. The number of nitro groups is 1. The largest absolute Gasteiger partial charge is 0.352 e. The Bertz CT molecular complexity index is 1590. The van der Waals surface area contributed by atoms with E-state index in [1.807, 2.05) is 61.5 Å². The lowest BCUT2D eigenvalue weighted by atomic mass is 9.94. The van der Waals surface area contributed by atoms with Crippen molar-refractivity contribution in [3.05, 3.63) is 105 Å². The van der Waals surface area contributed by atoms with Crippen molar-refractivity contribution in [2.45, 2.75) is 71.0 Å². The van der Waals surface area contributed by atoms with Gasteiger partial charge in [0, 0.05) is 31.1 Å². The van der Waals surface area contributed by atoms with Crippen molar-refractivity contribution >= 4 is 33.2 Å². The molecule has 2 amide bonds. The van der Waals surface area contributed by atoms with Gasteiger partial charge < -0.3 is 10.2 Å². The molecule has 10 nitrogen and oxygen atoms in total. The Balaban J connectivity index is 1.76. The summed E-state index contributed by atoms with van der Waals surface area (Å²) in [7, 11) is -4.06. The first kappa shape index (κ1) is 32.7. The van der Waals surface area contributed by atoms with Crippen LogP contribution in [0.4, 0.5) is 11.4 Å². The standard InChI is InChI=1S/C33H40N4O6S/c1-24-11-10-14-27(19-24)22-35(31(20-26-12-6-4-7-13-26)33(39)34-28-15-8-5-9-16-28)32(38)23-36(44(3,42)43)30-21-29(37(40)41)18-17-25(30)2/h4,6-7,10-14,17-19,21,28,31H,5,8-9,15-16,20,22-23H2,1-3H3,(H,34,39)/t31-/m1/s1. The highest BCUT2D eigenvalue weighted by atomic mass is 32.2. The molecule has 0 heterocycles. The van der Waals surface area contributed by atoms with Crippen LogP contribution >= 0.6 is 0 Å². The van der Waals surface area contributed by atoms with Crippen molar-refractivity contribution in [1.82, 2.24) is 10.2 Å². The maximum absolute atomic E-state index is 14.3. The normalized spacial score (nSPS) is 14.4. The first-order chi connectivity index (χ1) is 20.9. The van der Waals surface area contributed by atoms with E-state index in [0.717, 1.165) is 65.4 Å². The Morgan fingerprint density at radius 1 is 0.955 bits per heavy atom. The number of nitro benzene ring substituents is 1. The van der Waals surface area contributed by atoms with E-state index in [1.54, 1.807) is 6.92 Å². The van der Waals surface area contributed by atoms with E-state index in [9.17, 15) is 28.1 Å². The summed E-state index contributed by atoms with van der Waals surface area (Å²) in [6, 6.07) is 20.0. The highest BCUT2D eigenvalue weighted by Crippen LogP contribution is 2.28. The number of sulfonamides is 1. The van der Waals surface area contributed by atoms with E-state index >= 15 is 0 Å². The summed E-state index contributed by atoms with van der Waals surface area (Å²) in [4.78, 5) is 40.7. The van der Waals surface area contributed by atoms with Crippen LogP contribution in [0.2, 0.25) is 0 Å². The molecule has 0 unspecified atom stereocenters. The number of carbonyl (C=O) groups is 2. The number of anilines is 1. The molecule has 44 heavy (non-hydrogen) atoms. The number of nitrogens with zero attached hydrogens (tertiary/aromatic N) is 3. The van der Waals surface area contributed by atoms with Crippen LogP contribution in [0.3, 0.4) is 0 Å². The zero-order chi connectivity index (χ0) is 31.9. The van der Waals surface area contributed by atoms with Crippen LogP contribution in [0, 0.1) is 24.0 Å². The van der Waals surface area contributed by atoms with Crippen LogP contribution in [-0.4, -0.2) is 54.9 Å². The first-order valence-corrected chi connectivity index (χ1v) is 16.7. The number of carbonyl (C=O) groups excluding carboxylic acids is 2. The van der Waals surface area contributed by atoms with Crippen molar-refractivity contribution in [2.24, 2.45) is 0 Å². The SMILES string of the molecule is Cc1cccc(CN(C(=O)CN(c2cc([N+](=O)[O-])ccc2C)S(C)(=O)=O)[C@H](Cc2ccccc2)C(=O)NC2CCCCC2)c1. The molecule has 0 aromatic heterocycles. The molecular weight excluding hydrogens is 580 g/mol. The molecule has 1 atom stereocenters. The number of amides is 2. The van der Waals surface area contributed by atoms with Gasteiger partial charge >= 0.3 is 0 Å². The molecule has 1 fully saturated rings. The smallest absolute Gasteiger partial charge is 0.271 e. The van der Waals surface area contributed by atoms with E-state index in [2.05, 4.69) is 5.32 Å². The fourth-order valence-electron chi connectivity index (χ4n) is 5.68. The van der Waals surface area contributed by atoms with Gasteiger partial charge in [0.25, 0.3) is 5.69 Å². The van der Waals surface area contributed by atoms with Gasteiger partial charge in [-0.25, -0.2) is 8.42 Å². The molecule has 0 bridgehead atoms. The monoisotopic (exact) mass is 620 g/mol. The number of non-ortho nitro benzene ring substituents is 1. The summed E-state index contributed by atoms with van der Waals surface area (Å²) >= 11 is 0. The minimum atomic E-state index is -4.06. The van der Waals surface area contributed by atoms with Crippen molar-refractivity contribution < 1.29 is 22.9 Å². The summed E-state index contributed by atoms with van der Waals surface area (Å²) in [6.45, 7) is 3.00. The molecule has 1 aliphatic carbocycles. The van der Waals surface area contributed by atoms with Crippen LogP contribution in [0.25, 0.3) is 0 Å². The predicted octanol–water partition coefficient (Wildman–Crippen LogP) is 5.07. The number of hydrogen-bond donors (Lipinski definition) is 1. The molecule has 3 aromatic rings. The molecule has 0 spiro atoms. The summed E-state index contributed by atoms with van der Waals surface area (Å²) in [5.74, 6) is -0.887. The Labute approximate surface area is 259 Å². The summed E-state index contributed by atoms with van der Waals surface area (Å²) < 4.78 is 27.1. The molecule has 1 aliphatic rings. The van der Waals surface area contributed by atoms with Crippen LogP contribution in [0.5, 0.6) is 0 Å². The lowest BCUT2D eigenvalue weighted by molar-refractivity contribution is -0.384. The number of rotatable bonds is 12. The van der Waals surface area contributed by atoms with E-state index in [-0.39, 0.29) is 36.3 Å². The summed E-state index contributed by atoms with van der Waals surface area (Å²) in [5.41, 5.74) is 2.82. The maximum atomic E-state index is 14.3. The van der Waals surface area contributed by atoms with Gasteiger partial charge in [0.05, 0.1) is 16.9 Å². The lowest BCUT2D eigenvalue weighted by Gasteiger charge is -2.35. The second kappa shape index (κ2) is 14.5. The fraction of sp³-hybridized carbons (Fsp3) is 0.394. The van der Waals surface area contributed by atoms with E-state index in [4.69, 9.17) is 0 Å². The molecule has 11 heteroatoms. The van der Waals surface area contributed by atoms with Crippen LogP contribution in [0.15, 0.2) is 72.8 Å². The number of benzene rings is 3. The maximum Gasteiger partial charge on any atom is 0.271 e. The van der Waals surface area contributed by atoms with E-state index in [0.29, 0.717) is 5.56 Å². The van der Waals surface area contributed by atoms with Gasteiger partial charge in [-0.15, -0.1) is 0 Å². The van der Waals surface area contributed by atoms with Crippen molar-refractivity contribution in [3.63, 3.8) is 0 Å². The average molecular weight is 621 g/mol. The van der Waals surface area contributed by atoms with Crippen LogP contribution in [0.1, 0.15) is 54.4 Å². The predicted molar refractivity (Wildman–Crippen MR) is 171 cm³/mol. The fourth-order valence-corrected chi connectivity index (χ4v) is 6.58. The average Bonchev–Trinajstić information content (AvgIpc) is 2.98. The molecule has 3 aromatic carbocycles. The van der Waals surface area contributed by atoms with Crippen molar-refractivity contribution in [1.29, 1.82) is 0 Å². The quantitative estimate of drug-likeness (QED) is 0.222. The van der Waals surface area contributed by atoms with E-state index < -0.39 is 33.4 Å². The van der Waals surface area contributed by atoms with Gasteiger partial charge in [0.2, 0.25) is 21.8 Å². The lowest BCUT2D eigenvalue weighted by Crippen LogP contribution is -2.55. The molecule has 0 aliphatic heterocycles. The Morgan fingerprint density at radius 2 is 1.64 bits per heavy atom. The Hall–Kier alpha value is -4.25. The molecule has 0 saturated heterocycles. The second-order valence-electron chi connectivity index (χ2n) is 11.6. The number of aryl methyl sites for hydroxylation is 2. The molecule has 1 saturated carbocycles. The van der Waals surface area contributed by atoms with Gasteiger partial charge in [-0.3, -0.25) is 24.0 Å².